The highest BCUT2D eigenvalue weighted by atomic mass is 19.1. The quantitative estimate of drug-likeness (QED) is 0.744. The summed E-state index contributed by atoms with van der Waals surface area (Å²) in [5, 5.41) is 17.6. The normalized spacial score (nSPS) is 12.1. The Morgan fingerprint density at radius 3 is 2.25 bits per heavy atom. The Kier molecular flexibility index (Phi) is 4.61. The van der Waals surface area contributed by atoms with E-state index in [1.807, 2.05) is 0 Å². The Bertz CT molecular complexity index is 574. The van der Waals surface area contributed by atoms with Gasteiger partial charge in [-0.2, -0.15) is 0 Å². The van der Waals surface area contributed by atoms with Gasteiger partial charge in [0.25, 0.3) is 0 Å². The lowest BCUT2D eigenvalue weighted by Gasteiger charge is -2.16. The van der Waals surface area contributed by atoms with E-state index in [0.29, 0.717) is 0 Å². The molecule has 0 aliphatic carbocycles. The minimum Gasteiger partial charge on any atom is -0.493 e. The van der Waals surface area contributed by atoms with Gasteiger partial charge in [0.2, 0.25) is 0 Å². The molecule has 4 N–H and O–H groups in total. The van der Waals surface area contributed by atoms with Gasteiger partial charge in [0.1, 0.15) is 17.4 Å². The molecular weight excluding hydrogens is 276 g/mol. The standard InChI is InChI=1S/C12H13F2NO5/c1-4-7(12(18)19)10(20-2)9(14)5(8(4)13)3-6(15)11(16)17/h6H,3,15H2,1-2H3,(H,16,17)(H,18,19). The van der Waals surface area contributed by atoms with Crippen molar-refractivity contribution in [3.05, 3.63) is 28.3 Å². The monoisotopic (exact) mass is 289 g/mol. The Labute approximate surface area is 112 Å². The summed E-state index contributed by atoms with van der Waals surface area (Å²) in [6.45, 7) is 1.14. The van der Waals surface area contributed by atoms with Crippen molar-refractivity contribution in [1.82, 2.24) is 0 Å². The van der Waals surface area contributed by atoms with Gasteiger partial charge in [0.05, 0.1) is 7.11 Å². The van der Waals surface area contributed by atoms with Crippen LogP contribution in [0.15, 0.2) is 0 Å². The van der Waals surface area contributed by atoms with Crippen molar-refractivity contribution in [3.63, 3.8) is 0 Å². The molecule has 1 atom stereocenters. The third-order valence-corrected chi connectivity index (χ3v) is 2.82. The Morgan fingerprint density at radius 1 is 1.30 bits per heavy atom. The number of hydrogen-bond acceptors (Lipinski definition) is 4. The fourth-order valence-electron chi connectivity index (χ4n) is 1.79. The topological polar surface area (TPSA) is 110 Å². The summed E-state index contributed by atoms with van der Waals surface area (Å²) < 4.78 is 32.7. The van der Waals surface area contributed by atoms with Crippen molar-refractivity contribution in [2.45, 2.75) is 19.4 Å². The van der Waals surface area contributed by atoms with Crippen molar-refractivity contribution in [2.24, 2.45) is 5.73 Å². The predicted octanol–water partition coefficient (Wildman–Crippen LogP) is 0.934. The molecule has 0 fully saturated rings. The number of carboxylic acids is 2. The average molecular weight is 289 g/mol. The zero-order valence-electron chi connectivity index (χ0n) is 10.7. The summed E-state index contributed by atoms with van der Waals surface area (Å²) in [7, 11) is 1.03. The first-order chi connectivity index (χ1) is 9.22. The lowest BCUT2D eigenvalue weighted by atomic mass is 9.97. The molecule has 20 heavy (non-hydrogen) atoms. The molecule has 0 aliphatic rings. The summed E-state index contributed by atoms with van der Waals surface area (Å²) >= 11 is 0. The average Bonchev–Trinajstić information content (AvgIpc) is 2.37. The van der Waals surface area contributed by atoms with Gasteiger partial charge in [0, 0.05) is 17.5 Å². The summed E-state index contributed by atoms with van der Waals surface area (Å²) in [5.74, 6) is -6.03. The summed E-state index contributed by atoms with van der Waals surface area (Å²) in [5.41, 5.74) is 3.64. The van der Waals surface area contributed by atoms with Crippen LogP contribution in [-0.2, 0) is 11.2 Å². The molecule has 0 radical (unpaired) electrons. The van der Waals surface area contributed by atoms with Crippen molar-refractivity contribution in [1.29, 1.82) is 0 Å². The Balaban J connectivity index is 3.52. The molecule has 0 saturated carbocycles. The van der Waals surface area contributed by atoms with Crippen LogP contribution in [0.3, 0.4) is 0 Å². The van der Waals surface area contributed by atoms with E-state index in [1.54, 1.807) is 0 Å². The third-order valence-electron chi connectivity index (χ3n) is 2.82. The van der Waals surface area contributed by atoms with Crippen LogP contribution >= 0.6 is 0 Å². The largest absolute Gasteiger partial charge is 0.493 e. The number of aromatic carboxylic acids is 1. The number of nitrogens with two attached hydrogens (primary N) is 1. The lowest BCUT2D eigenvalue weighted by Crippen LogP contribution is -2.33. The van der Waals surface area contributed by atoms with Gasteiger partial charge in [-0.1, -0.05) is 0 Å². The number of methoxy groups -OCH3 is 1. The van der Waals surface area contributed by atoms with Crippen LogP contribution in [0.25, 0.3) is 0 Å². The molecular formula is C12H13F2NO5. The maximum absolute atomic E-state index is 14.1. The number of rotatable bonds is 5. The second kappa shape index (κ2) is 5.83. The van der Waals surface area contributed by atoms with Gasteiger partial charge >= 0.3 is 11.9 Å². The molecule has 6 nitrogen and oxygen atoms in total. The number of halogens is 2. The molecule has 0 spiro atoms. The maximum atomic E-state index is 14.1. The van der Waals surface area contributed by atoms with Crippen LogP contribution in [0.4, 0.5) is 8.78 Å². The number of carboxylic acid groups (broad SMARTS) is 2. The molecule has 1 rings (SSSR count). The zero-order valence-corrected chi connectivity index (χ0v) is 10.7. The molecule has 0 aliphatic heterocycles. The maximum Gasteiger partial charge on any atom is 0.339 e. The molecule has 0 bridgehead atoms. The van der Waals surface area contributed by atoms with Gasteiger partial charge in [-0.15, -0.1) is 0 Å². The zero-order chi connectivity index (χ0) is 15.6. The fourth-order valence-corrected chi connectivity index (χ4v) is 1.79. The third kappa shape index (κ3) is 2.69. The first-order valence-electron chi connectivity index (χ1n) is 5.48. The van der Waals surface area contributed by atoms with Crippen molar-refractivity contribution in [3.8, 4) is 5.75 Å². The highest BCUT2D eigenvalue weighted by Gasteiger charge is 2.28. The molecule has 0 aromatic heterocycles. The summed E-state index contributed by atoms with van der Waals surface area (Å²) in [4.78, 5) is 21.7. The molecule has 0 saturated heterocycles. The van der Waals surface area contributed by atoms with E-state index >= 15 is 0 Å². The number of ether oxygens (including phenoxy) is 1. The van der Waals surface area contributed by atoms with E-state index in [-0.39, 0.29) is 5.56 Å². The van der Waals surface area contributed by atoms with Gasteiger partial charge in [0.15, 0.2) is 11.6 Å². The summed E-state index contributed by atoms with van der Waals surface area (Å²) in [6, 6.07) is -1.52. The van der Waals surface area contributed by atoms with Crippen LogP contribution in [0.1, 0.15) is 21.5 Å². The van der Waals surface area contributed by atoms with E-state index in [9.17, 15) is 18.4 Å². The molecule has 1 aromatic rings. The first kappa shape index (κ1) is 15.8. The van der Waals surface area contributed by atoms with Gasteiger partial charge < -0.3 is 20.7 Å². The molecule has 110 valence electrons. The molecule has 1 aromatic carbocycles. The second-order valence-electron chi connectivity index (χ2n) is 4.09. The van der Waals surface area contributed by atoms with E-state index in [0.717, 1.165) is 14.0 Å². The van der Waals surface area contributed by atoms with Crippen LogP contribution in [-0.4, -0.2) is 35.3 Å². The van der Waals surface area contributed by atoms with Crippen LogP contribution < -0.4 is 10.5 Å². The predicted molar refractivity (Wildman–Crippen MR) is 63.9 cm³/mol. The van der Waals surface area contributed by atoms with Gasteiger partial charge in [-0.3, -0.25) is 4.79 Å². The van der Waals surface area contributed by atoms with Crippen LogP contribution in [0, 0.1) is 18.6 Å². The molecule has 1 unspecified atom stereocenters. The van der Waals surface area contributed by atoms with Crippen molar-refractivity contribution in [2.75, 3.05) is 7.11 Å². The van der Waals surface area contributed by atoms with Crippen LogP contribution in [0.5, 0.6) is 5.75 Å². The highest BCUT2D eigenvalue weighted by Crippen LogP contribution is 2.32. The molecule has 0 amide bonds. The minimum atomic E-state index is -1.55. The van der Waals surface area contributed by atoms with E-state index in [2.05, 4.69) is 4.74 Å². The van der Waals surface area contributed by atoms with E-state index in [4.69, 9.17) is 15.9 Å². The Hall–Kier alpha value is -2.22. The molecule has 8 heteroatoms. The summed E-state index contributed by atoms with van der Waals surface area (Å²) in [6.07, 6.45) is -0.621. The van der Waals surface area contributed by atoms with Crippen molar-refractivity contribution < 1.29 is 33.3 Å². The van der Waals surface area contributed by atoms with E-state index in [1.165, 1.54) is 0 Å². The first-order valence-corrected chi connectivity index (χ1v) is 5.48. The number of hydrogen-bond donors (Lipinski definition) is 3. The SMILES string of the molecule is COc1c(F)c(CC(N)C(=O)O)c(F)c(C)c1C(=O)O. The lowest BCUT2D eigenvalue weighted by molar-refractivity contribution is -0.138. The number of benzene rings is 1. The van der Waals surface area contributed by atoms with E-state index < -0.39 is 52.9 Å². The number of carbonyl (C=O) groups is 2. The number of aliphatic carboxylic acids is 1. The molecule has 0 heterocycles. The second-order valence-corrected chi connectivity index (χ2v) is 4.09. The van der Waals surface area contributed by atoms with Gasteiger partial charge in [-0.25, -0.2) is 13.6 Å². The van der Waals surface area contributed by atoms with Crippen LogP contribution in [0.2, 0.25) is 0 Å². The smallest absolute Gasteiger partial charge is 0.339 e. The highest BCUT2D eigenvalue weighted by molar-refractivity contribution is 5.93. The van der Waals surface area contributed by atoms with Crippen molar-refractivity contribution >= 4 is 11.9 Å². The van der Waals surface area contributed by atoms with Gasteiger partial charge in [-0.05, 0) is 6.92 Å². The fraction of sp³-hybridized carbons (Fsp3) is 0.333. The minimum absolute atomic E-state index is 0.344. The Morgan fingerprint density at radius 2 is 1.85 bits per heavy atom.